The Balaban J connectivity index is 1.99. The topological polar surface area (TPSA) is 42.2 Å². The quantitative estimate of drug-likeness (QED) is 0.748. The molecule has 84 valence electrons. The van der Waals surface area contributed by atoms with Crippen molar-refractivity contribution in [1.29, 1.82) is 0 Å². The van der Waals surface area contributed by atoms with Gasteiger partial charge in [-0.3, -0.25) is 4.90 Å². The number of likely N-dealkylation sites (tertiary alicyclic amines) is 1. The number of aromatic nitrogens is 2. The van der Waals surface area contributed by atoms with Gasteiger partial charge in [-0.15, -0.1) is 0 Å². The van der Waals surface area contributed by atoms with Crippen LogP contribution in [0.1, 0.15) is 44.4 Å². The molecule has 0 bridgehead atoms. The van der Waals surface area contributed by atoms with Gasteiger partial charge < -0.3 is 4.52 Å². The highest BCUT2D eigenvalue weighted by molar-refractivity contribution is 4.91. The van der Waals surface area contributed by atoms with E-state index in [-0.39, 0.29) is 6.04 Å². The van der Waals surface area contributed by atoms with Gasteiger partial charge in [0, 0.05) is 0 Å². The van der Waals surface area contributed by atoms with Crippen molar-refractivity contribution in [2.75, 3.05) is 13.1 Å². The van der Waals surface area contributed by atoms with E-state index < -0.39 is 0 Å². The Morgan fingerprint density at radius 1 is 1.40 bits per heavy atom. The molecule has 1 aromatic rings. The summed E-state index contributed by atoms with van der Waals surface area (Å²) in [5, 5.41) is 3.83. The minimum atomic E-state index is 0.263. The first kappa shape index (κ1) is 10.6. The number of hydrogen-bond acceptors (Lipinski definition) is 4. The molecule has 2 heterocycles. The third-order valence-corrected chi connectivity index (χ3v) is 3.27. The molecular weight excluding hydrogens is 190 g/mol. The van der Waals surface area contributed by atoms with Gasteiger partial charge in [0.05, 0.1) is 6.04 Å². The van der Waals surface area contributed by atoms with Gasteiger partial charge in [-0.1, -0.05) is 12.1 Å². The number of piperidine rings is 1. The lowest BCUT2D eigenvalue weighted by molar-refractivity contribution is 0.124. The molecule has 0 radical (unpaired) electrons. The second kappa shape index (κ2) is 4.31. The van der Waals surface area contributed by atoms with Crippen molar-refractivity contribution in [2.45, 2.75) is 39.7 Å². The van der Waals surface area contributed by atoms with Crippen LogP contribution in [0.3, 0.4) is 0 Å². The summed E-state index contributed by atoms with van der Waals surface area (Å²) < 4.78 is 5.20. The van der Waals surface area contributed by atoms with Crippen LogP contribution in [0.25, 0.3) is 0 Å². The summed E-state index contributed by atoms with van der Waals surface area (Å²) in [5.41, 5.74) is 0. The molecule has 1 saturated heterocycles. The van der Waals surface area contributed by atoms with Crippen LogP contribution >= 0.6 is 0 Å². The second-order valence-corrected chi connectivity index (χ2v) is 4.57. The predicted molar refractivity (Wildman–Crippen MR) is 57.4 cm³/mol. The van der Waals surface area contributed by atoms with Gasteiger partial charge in [-0.05, 0) is 45.7 Å². The van der Waals surface area contributed by atoms with Crippen LogP contribution in [0.2, 0.25) is 0 Å². The van der Waals surface area contributed by atoms with E-state index in [9.17, 15) is 0 Å². The van der Waals surface area contributed by atoms with Crippen LogP contribution in [-0.4, -0.2) is 28.1 Å². The number of nitrogens with zero attached hydrogens (tertiary/aromatic N) is 3. The van der Waals surface area contributed by atoms with Crippen LogP contribution in [0.5, 0.6) is 0 Å². The molecule has 0 saturated carbocycles. The maximum atomic E-state index is 5.20. The molecule has 4 heteroatoms. The Hall–Kier alpha value is -0.900. The molecule has 2 rings (SSSR count). The molecule has 4 nitrogen and oxygen atoms in total. The summed E-state index contributed by atoms with van der Waals surface area (Å²) in [6, 6.07) is 0.263. The molecule has 0 amide bonds. The van der Waals surface area contributed by atoms with Crippen molar-refractivity contribution in [3.8, 4) is 0 Å². The first-order valence-corrected chi connectivity index (χ1v) is 5.71. The largest absolute Gasteiger partial charge is 0.338 e. The highest BCUT2D eigenvalue weighted by Gasteiger charge is 2.24. The Morgan fingerprint density at radius 3 is 2.60 bits per heavy atom. The molecule has 0 aliphatic carbocycles. The summed E-state index contributed by atoms with van der Waals surface area (Å²) in [4.78, 5) is 6.71. The molecule has 1 aliphatic rings. The number of rotatable bonds is 2. The summed E-state index contributed by atoms with van der Waals surface area (Å²) in [5.74, 6) is 2.34. The summed E-state index contributed by atoms with van der Waals surface area (Å²) in [7, 11) is 0. The predicted octanol–water partition coefficient (Wildman–Crippen LogP) is 2.17. The van der Waals surface area contributed by atoms with E-state index in [0.717, 1.165) is 30.7 Å². The summed E-state index contributed by atoms with van der Waals surface area (Å²) in [6.07, 6.45) is 2.55. The summed E-state index contributed by atoms with van der Waals surface area (Å²) in [6.45, 7) is 8.60. The van der Waals surface area contributed by atoms with E-state index in [4.69, 9.17) is 4.52 Å². The molecular formula is C11H19N3O. The summed E-state index contributed by atoms with van der Waals surface area (Å²) >= 11 is 0. The first-order chi connectivity index (χ1) is 7.16. The van der Waals surface area contributed by atoms with Gasteiger partial charge >= 0.3 is 0 Å². The highest BCUT2D eigenvalue weighted by atomic mass is 16.5. The third kappa shape index (κ3) is 2.37. The molecule has 0 aromatic carbocycles. The van der Waals surface area contributed by atoms with Crippen molar-refractivity contribution in [2.24, 2.45) is 5.92 Å². The molecule has 0 unspecified atom stereocenters. The highest BCUT2D eigenvalue weighted by Crippen LogP contribution is 2.25. The molecule has 1 atom stereocenters. The average Bonchev–Trinajstić information content (AvgIpc) is 2.65. The zero-order valence-corrected chi connectivity index (χ0v) is 9.73. The Bertz CT molecular complexity index is 315. The van der Waals surface area contributed by atoms with Crippen molar-refractivity contribution in [3.63, 3.8) is 0 Å². The molecule has 0 N–H and O–H groups in total. The molecule has 1 fully saturated rings. The van der Waals surface area contributed by atoms with Crippen molar-refractivity contribution in [1.82, 2.24) is 15.0 Å². The SMILES string of the molecule is Cc1noc([C@@H](C)N2CCC(C)CC2)n1. The fourth-order valence-electron chi connectivity index (χ4n) is 2.05. The lowest BCUT2D eigenvalue weighted by atomic mass is 9.98. The maximum absolute atomic E-state index is 5.20. The van der Waals surface area contributed by atoms with Gasteiger partial charge in [0.15, 0.2) is 5.82 Å². The minimum Gasteiger partial charge on any atom is -0.338 e. The van der Waals surface area contributed by atoms with Gasteiger partial charge in [-0.25, -0.2) is 0 Å². The molecule has 0 spiro atoms. The molecule has 15 heavy (non-hydrogen) atoms. The molecule has 1 aromatic heterocycles. The second-order valence-electron chi connectivity index (χ2n) is 4.57. The third-order valence-electron chi connectivity index (χ3n) is 3.27. The Morgan fingerprint density at radius 2 is 2.07 bits per heavy atom. The van der Waals surface area contributed by atoms with Gasteiger partial charge in [0.1, 0.15) is 0 Å². The van der Waals surface area contributed by atoms with Gasteiger partial charge in [-0.2, -0.15) is 4.98 Å². The van der Waals surface area contributed by atoms with E-state index in [1.165, 1.54) is 12.8 Å². The standard InChI is InChI=1S/C11H19N3O/c1-8-4-6-14(7-5-8)9(2)11-12-10(3)13-15-11/h8-9H,4-7H2,1-3H3/t9-/m1/s1. The van der Waals surface area contributed by atoms with E-state index >= 15 is 0 Å². The number of hydrogen-bond donors (Lipinski definition) is 0. The van der Waals surface area contributed by atoms with Gasteiger partial charge in [0.25, 0.3) is 0 Å². The van der Waals surface area contributed by atoms with Crippen LogP contribution in [0.4, 0.5) is 0 Å². The maximum Gasteiger partial charge on any atom is 0.243 e. The van der Waals surface area contributed by atoms with Crippen molar-refractivity contribution in [3.05, 3.63) is 11.7 Å². The minimum absolute atomic E-state index is 0.263. The zero-order chi connectivity index (χ0) is 10.8. The van der Waals surface area contributed by atoms with E-state index in [1.54, 1.807) is 0 Å². The van der Waals surface area contributed by atoms with E-state index in [0.29, 0.717) is 0 Å². The Kier molecular flexibility index (Phi) is 3.05. The zero-order valence-electron chi connectivity index (χ0n) is 9.73. The monoisotopic (exact) mass is 209 g/mol. The smallest absolute Gasteiger partial charge is 0.243 e. The van der Waals surface area contributed by atoms with Crippen molar-refractivity contribution >= 4 is 0 Å². The van der Waals surface area contributed by atoms with Crippen LogP contribution < -0.4 is 0 Å². The lowest BCUT2D eigenvalue weighted by Gasteiger charge is -2.33. The van der Waals surface area contributed by atoms with Gasteiger partial charge in [0.2, 0.25) is 5.89 Å². The first-order valence-electron chi connectivity index (χ1n) is 5.71. The fourth-order valence-corrected chi connectivity index (χ4v) is 2.05. The van der Waals surface area contributed by atoms with Crippen molar-refractivity contribution < 1.29 is 4.52 Å². The fraction of sp³-hybridized carbons (Fsp3) is 0.818. The lowest BCUT2D eigenvalue weighted by Crippen LogP contribution is -2.35. The molecule has 1 aliphatic heterocycles. The average molecular weight is 209 g/mol. The van der Waals surface area contributed by atoms with Crippen LogP contribution in [-0.2, 0) is 0 Å². The van der Waals surface area contributed by atoms with Crippen LogP contribution in [0, 0.1) is 12.8 Å². The normalized spacial score (nSPS) is 21.8. The Labute approximate surface area is 90.7 Å². The van der Waals surface area contributed by atoms with E-state index in [2.05, 4.69) is 28.9 Å². The van der Waals surface area contributed by atoms with Crippen LogP contribution in [0.15, 0.2) is 4.52 Å². The number of aryl methyl sites for hydroxylation is 1. The van der Waals surface area contributed by atoms with E-state index in [1.807, 2.05) is 6.92 Å².